The summed E-state index contributed by atoms with van der Waals surface area (Å²) in [6, 6.07) is 0. The second-order valence-corrected chi connectivity index (χ2v) is 9.50. The molecule has 144 valence electrons. The van der Waals surface area contributed by atoms with Crippen molar-refractivity contribution in [3.05, 3.63) is 11.6 Å². The average Bonchev–Trinajstić information content (AvgIpc) is 2.92. The van der Waals surface area contributed by atoms with E-state index < -0.39 is 24.2 Å². The van der Waals surface area contributed by atoms with Crippen molar-refractivity contribution in [2.24, 2.45) is 34.5 Å². The minimum absolute atomic E-state index is 0.0203. The van der Waals surface area contributed by atoms with Crippen LogP contribution in [0.5, 0.6) is 0 Å². The summed E-state index contributed by atoms with van der Waals surface area (Å²) < 4.78 is 0. The van der Waals surface area contributed by atoms with Crippen LogP contribution in [-0.2, 0) is 9.59 Å². The number of aliphatic hydroxyl groups is 3. The maximum atomic E-state index is 12.3. The van der Waals surface area contributed by atoms with E-state index in [0.29, 0.717) is 12.3 Å². The molecule has 0 aromatic heterocycles. The Bertz CT molecular complexity index is 669. The lowest BCUT2D eigenvalue weighted by Gasteiger charge is -2.60. The second kappa shape index (κ2) is 5.98. The molecule has 3 saturated carbocycles. The van der Waals surface area contributed by atoms with Gasteiger partial charge in [-0.15, -0.1) is 0 Å². The maximum Gasteiger partial charge on any atom is 0.161 e. The van der Waals surface area contributed by atoms with Gasteiger partial charge in [-0.1, -0.05) is 19.4 Å². The average molecular weight is 362 g/mol. The lowest BCUT2D eigenvalue weighted by molar-refractivity contribution is -0.162. The van der Waals surface area contributed by atoms with Crippen LogP contribution in [0.4, 0.5) is 0 Å². The van der Waals surface area contributed by atoms with E-state index >= 15 is 0 Å². The minimum atomic E-state index is -0.752. The number of carbonyl (C=O) groups is 2. The molecule has 4 aliphatic rings. The number of fused-ring (bicyclic) bond motifs is 5. The van der Waals surface area contributed by atoms with Gasteiger partial charge >= 0.3 is 0 Å². The van der Waals surface area contributed by atoms with Gasteiger partial charge in [0.25, 0.3) is 0 Å². The quantitative estimate of drug-likeness (QED) is 0.694. The summed E-state index contributed by atoms with van der Waals surface area (Å²) >= 11 is 0. The van der Waals surface area contributed by atoms with E-state index in [4.69, 9.17) is 0 Å². The SMILES string of the molecule is C[C@]12C[C@H](O)[C@H]3[C@@H](CCC4=CC(=O)C[C@@H](O)[C@@]43C)[C@@H]1CC[C@@H]2C(=O)CO. The fourth-order valence-corrected chi connectivity index (χ4v) is 7.36. The van der Waals surface area contributed by atoms with E-state index in [1.807, 2.05) is 6.92 Å². The Hall–Kier alpha value is -1.04. The van der Waals surface area contributed by atoms with Crippen molar-refractivity contribution >= 4 is 11.6 Å². The molecule has 3 N–H and O–H groups in total. The molecule has 8 atom stereocenters. The van der Waals surface area contributed by atoms with E-state index in [0.717, 1.165) is 31.3 Å². The van der Waals surface area contributed by atoms with Crippen LogP contribution >= 0.6 is 0 Å². The summed E-state index contributed by atoms with van der Waals surface area (Å²) in [7, 11) is 0. The summed E-state index contributed by atoms with van der Waals surface area (Å²) in [6.07, 6.45) is 4.38. The Morgan fingerprint density at radius 3 is 2.65 bits per heavy atom. The van der Waals surface area contributed by atoms with Crippen molar-refractivity contribution < 1.29 is 24.9 Å². The molecule has 0 heterocycles. The molecular formula is C21H30O5. The van der Waals surface area contributed by atoms with E-state index in [-0.39, 0.29) is 41.2 Å². The fourth-order valence-electron chi connectivity index (χ4n) is 7.36. The number of hydrogen-bond acceptors (Lipinski definition) is 5. The maximum absolute atomic E-state index is 12.3. The summed E-state index contributed by atoms with van der Waals surface area (Å²) in [5, 5.41) is 31.4. The second-order valence-electron chi connectivity index (χ2n) is 9.50. The fraction of sp³-hybridized carbons (Fsp3) is 0.810. The molecule has 0 saturated heterocycles. The van der Waals surface area contributed by atoms with Crippen LogP contribution in [0.2, 0.25) is 0 Å². The highest BCUT2D eigenvalue weighted by molar-refractivity contribution is 5.92. The van der Waals surface area contributed by atoms with Gasteiger partial charge in [-0.3, -0.25) is 9.59 Å². The van der Waals surface area contributed by atoms with Gasteiger partial charge < -0.3 is 15.3 Å². The van der Waals surface area contributed by atoms with Gasteiger partial charge in [-0.05, 0) is 61.3 Å². The lowest BCUT2D eigenvalue weighted by atomic mass is 9.45. The topological polar surface area (TPSA) is 94.8 Å². The molecule has 0 aromatic rings. The predicted molar refractivity (Wildman–Crippen MR) is 95.1 cm³/mol. The van der Waals surface area contributed by atoms with Crippen molar-refractivity contribution in [1.29, 1.82) is 0 Å². The highest BCUT2D eigenvalue weighted by Gasteiger charge is 2.64. The van der Waals surface area contributed by atoms with Crippen molar-refractivity contribution in [2.45, 2.75) is 64.6 Å². The van der Waals surface area contributed by atoms with Crippen LogP contribution in [-0.4, -0.2) is 45.7 Å². The van der Waals surface area contributed by atoms with E-state index in [1.165, 1.54) is 0 Å². The van der Waals surface area contributed by atoms with Crippen LogP contribution in [0.1, 0.15) is 52.4 Å². The summed E-state index contributed by atoms with van der Waals surface area (Å²) in [5.41, 5.74) is 0.149. The number of aliphatic hydroxyl groups excluding tert-OH is 3. The van der Waals surface area contributed by atoms with Gasteiger partial charge in [0, 0.05) is 17.8 Å². The number of hydrogen-bond donors (Lipinski definition) is 3. The van der Waals surface area contributed by atoms with Gasteiger partial charge in [0.2, 0.25) is 0 Å². The molecule has 4 rings (SSSR count). The summed E-state index contributed by atoms with van der Waals surface area (Å²) in [5.74, 6) is 0.173. The number of carbonyl (C=O) groups excluding carboxylic acids is 2. The third-order valence-electron chi connectivity index (χ3n) is 8.55. The first-order valence-electron chi connectivity index (χ1n) is 9.97. The molecule has 5 nitrogen and oxygen atoms in total. The van der Waals surface area contributed by atoms with Gasteiger partial charge in [0.15, 0.2) is 11.6 Å². The molecule has 0 spiro atoms. The number of rotatable bonds is 2. The zero-order valence-electron chi connectivity index (χ0n) is 15.6. The zero-order chi connectivity index (χ0) is 18.9. The van der Waals surface area contributed by atoms with Gasteiger partial charge in [0.1, 0.15) is 6.61 Å². The molecule has 5 heteroatoms. The smallest absolute Gasteiger partial charge is 0.161 e. The van der Waals surface area contributed by atoms with Gasteiger partial charge in [-0.25, -0.2) is 0 Å². The molecule has 4 aliphatic carbocycles. The standard InChI is InChI=1S/C21H30O5/c1-20-9-16(24)19-13(14(20)5-6-15(20)17(25)10-22)4-3-11-7-12(23)8-18(26)21(11,19)2/h7,13-16,18-19,22,24,26H,3-6,8-10H2,1-2H3/t13-,14-,15+,16-,18+,19+,20-,21+/m0/s1. The molecule has 26 heavy (non-hydrogen) atoms. The van der Waals surface area contributed by atoms with E-state index in [2.05, 4.69) is 6.92 Å². The molecule has 0 radical (unpaired) electrons. The predicted octanol–water partition coefficient (Wildman–Crippen LogP) is 1.64. The van der Waals surface area contributed by atoms with Crippen molar-refractivity contribution in [1.82, 2.24) is 0 Å². The Labute approximate surface area is 154 Å². The summed E-state index contributed by atoms with van der Waals surface area (Å²) in [4.78, 5) is 24.2. The Morgan fingerprint density at radius 2 is 1.96 bits per heavy atom. The molecule has 0 unspecified atom stereocenters. The third-order valence-corrected chi connectivity index (χ3v) is 8.55. The first-order chi connectivity index (χ1) is 12.2. The van der Waals surface area contributed by atoms with Gasteiger partial charge in [0.05, 0.1) is 12.2 Å². The Balaban J connectivity index is 1.73. The van der Waals surface area contributed by atoms with Gasteiger partial charge in [-0.2, -0.15) is 0 Å². The molecular weight excluding hydrogens is 332 g/mol. The largest absolute Gasteiger partial charge is 0.393 e. The van der Waals surface area contributed by atoms with Crippen LogP contribution in [0, 0.1) is 34.5 Å². The number of ketones is 2. The minimum Gasteiger partial charge on any atom is -0.393 e. The Morgan fingerprint density at radius 1 is 1.23 bits per heavy atom. The summed E-state index contributed by atoms with van der Waals surface area (Å²) in [6.45, 7) is 3.70. The molecule has 0 aliphatic heterocycles. The zero-order valence-corrected chi connectivity index (χ0v) is 15.6. The number of Topliss-reactive ketones (excluding diaryl/α,β-unsaturated/α-hetero) is 1. The van der Waals surface area contributed by atoms with Crippen molar-refractivity contribution in [3.8, 4) is 0 Å². The van der Waals surface area contributed by atoms with E-state index in [9.17, 15) is 24.9 Å². The van der Waals surface area contributed by atoms with Crippen molar-refractivity contribution in [2.75, 3.05) is 6.61 Å². The highest BCUT2D eigenvalue weighted by Crippen LogP contribution is 2.66. The normalized spacial score (nSPS) is 50.5. The van der Waals surface area contributed by atoms with Crippen LogP contribution in [0.3, 0.4) is 0 Å². The lowest BCUT2D eigenvalue weighted by Crippen LogP contribution is -2.60. The van der Waals surface area contributed by atoms with E-state index in [1.54, 1.807) is 6.08 Å². The van der Waals surface area contributed by atoms with Crippen LogP contribution in [0.25, 0.3) is 0 Å². The van der Waals surface area contributed by atoms with Crippen LogP contribution < -0.4 is 0 Å². The highest BCUT2D eigenvalue weighted by atomic mass is 16.3. The van der Waals surface area contributed by atoms with Crippen molar-refractivity contribution in [3.63, 3.8) is 0 Å². The molecule has 0 aromatic carbocycles. The Kier molecular flexibility index (Phi) is 4.22. The third kappa shape index (κ3) is 2.26. The van der Waals surface area contributed by atoms with Crippen LogP contribution in [0.15, 0.2) is 11.6 Å². The molecule has 3 fully saturated rings. The molecule has 0 bridgehead atoms. The monoisotopic (exact) mass is 362 g/mol. The molecule has 0 amide bonds. The first kappa shape index (κ1) is 18.3. The first-order valence-corrected chi connectivity index (χ1v) is 9.97.